The van der Waals surface area contributed by atoms with E-state index in [9.17, 15) is 27.9 Å². The third-order valence-electron chi connectivity index (χ3n) is 6.26. The minimum absolute atomic E-state index is 0.00136. The van der Waals surface area contributed by atoms with Gasteiger partial charge >= 0.3 is 6.09 Å². The number of aryl methyl sites for hydroxylation is 1. The van der Waals surface area contributed by atoms with Crippen LogP contribution in [0.15, 0.2) is 65.7 Å². The molecule has 0 aliphatic rings. The highest BCUT2D eigenvalue weighted by Gasteiger charge is 2.25. The van der Waals surface area contributed by atoms with E-state index in [-0.39, 0.29) is 17.8 Å². The van der Waals surface area contributed by atoms with Crippen molar-refractivity contribution in [2.24, 2.45) is 0 Å². The van der Waals surface area contributed by atoms with E-state index < -0.39 is 34.6 Å². The molecule has 208 valence electrons. The number of carbonyl (C=O) groups is 1. The molecule has 11 heteroatoms. The first-order valence-corrected chi connectivity index (χ1v) is 12.6. The Labute approximate surface area is 228 Å². The SMILES string of the molecule is CC(C)(C)N(CCCc1cnc(-c2cccc(Cn3nc(-c4cc(F)c(F)c(F)c4)ccc3=O)c2)nc1)C(=O)O. The maximum absolute atomic E-state index is 13.7. The fourth-order valence-corrected chi connectivity index (χ4v) is 4.19. The van der Waals surface area contributed by atoms with Crippen molar-refractivity contribution in [1.82, 2.24) is 24.6 Å². The summed E-state index contributed by atoms with van der Waals surface area (Å²) in [6, 6.07) is 11.4. The van der Waals surface area contributed by atoms with Gasteiger partial charge in [0.25, 0.3) is 5.56 Å². The predicted molar refractivity (Wildman–Crippen MR) is 143 cm³/mol. The number of hydrogen-bond acceptors (Lipinski definition) is 5. The molecule has 0 saturated heterocycles. The first-order valence-electron chi connectivity index (χ1n) is 12.6. The number of carboxylic acid groups (broad SMARTS) is 1. The molecule has 0 saturated carbocycles. The molecule has 0 unspecified atom stereocenters. The van der Waals surface area contributed by atoms with E-state index in [4.69, 9.17) is 0 Å². The highest BCUT2D eigenvalue weighted by Crippen LogP contribution is 2.22. The van der Waals surface area contributed by atoms with E-state index >= 15 is 0 Å². The molecule has 2 heterocycles. The van der Waals surface area contributed by atoms with Crippen molar-refractivity contribution in [3.63, 3.8) is 0 Å². The number of hydrogen-bond donors (Lipinski definition) is 1. The van der Waals surface area contributed by atoms with Gasteiger partial charge < -0.3 is 10.0 Å². The van der Waals surface area contributed by atoms with Gasteiger partial charge in [-0.2, -0.15) is 5.10 Å². The predicted octanol–water partition coefficient (Wildman–Crippen LogP) is 5.54. The van der Waals surface area contributed by atoms with Crippen molar-refractivity contribution in [2.45, 2.75) is 45.7 Å². The smallest absolute Gasteiger partial charge is 0.407 e. The molecule has 1 N–H and O–H groups in total. The van der Waals surface area contributed by atoms with E-state index in [1.165, 1.54) is 17.0 Å². The van der Waals surface area contributed by atoms with Gasteiger partial charge in [-0.25, -0.2) is 32.6 Å². The summed E-state index contributed by atoms with van der Waals surface area (Å²) in [5.74, 6) is -3.80. The minimum Gasteiger partial charge on any atom is -0.465 e. The molecule has 4 rings (SSSR count). The van der Waals surface area contributed by atoms with Gasteiger partial charge in [0, 0.05) is 41.7 Å². The third kappa shape index (κ3) is 6.71. The van der Waals surface area contributed by atoms with Crippen molar-refractivity contribution in [3.05, 3.63) is 99.9 Å². The maximum atomic E-state index is 13.7. The zero-order valence-electron chi connectivity index (χ0n) is 22.2. The fourth-order valence-electron chi connectivity index (χ4n) is 4.19. The topological polar surface area (TPSA) is 101 Å². The lowest BCUT2D eigenvalue weighted by Crippen LogP contribution is -2.45. The summed E-state index contributed by atoms with van der Waals surface area (Å²) in [6.07, 6.45) is 3.69. The second kappa shape index (κ2) is 11.7. The Morgan fingerprint density at radius 2 is 1.62 bits per heavy atom. The quantitative estimate of drug-likeness (QED) is 0.289. The van der Waals surface area contributed by atoms with Crippen molar-refractivity contribution in [1.29, 1.82) is 0 Å². The van der Waals surface area contributed by atoms with Crippen LogP contribution >= 0.6 is 0 Å². The average Bonchev–Trinajstić information content (AvgIpc) is 2.90. The number of benzene rings is 2. The lowest BCUT2D eigenvalue weighted by molar-refractivity contribution is 0.0995. The monoisotopic (exact) mass is 551 g/mol. The van der Waals surface area contributed by atoms with Crippen LogP contribution in [0.25, 0.3) is 22.6 Å². The zero-order chi connectivity index (χ0) is 29.0. The van der Waals surface area contributed by atoms with Crippen LogP contribution in [-0.2, 0) is 13.0 Å². The minimum atomic E-state index is -1.57. The molecule has 4 aromatic rings. The van der Waals surface area contributed by atoms with E-state index in [2.05, 4.69) is 15.1 Å². The van der Waals surface area contributed by atoms with Crippen LogP contribution < -0.4 is 5.56 Å². The fraction of sp³-hybridized carbons (Fsp3) is 0.276. The molecule has 0 spiro atoms. The summed E-state index contributed by atoms with van der Waals surface area (Å²) >= 11 is 0. The Morgan fingerprint density at radius 1 is 0.950 bits per heavy atom. The van der Waals surface area contributed by atoms with E-state index in [0.29, 0.717) is 36.3 Å². The van der Waals surface area contributed by atoms with Crippen LogP contribution in [0.4, 0.5) is 18.0 Å². The largest absolute Gasteiger partial charge is 0.465 e. The number of amides is 1. The molecule has 0 radical (unpaired) electrons. The molecule has 0 bridgehead atoms. The molecular formula is C29H28F3N5O3. The maximum Gasteiger partial charge on any atom is 0.407 e. The Balaban J connectivity index is 1.47. The van der Waals surface area contributed by atoms with Crippen molar-refractivity contribution >= 4 is 6.09 Å². The van der Waals surface area contributed by atoms with E-state index in [0.717, 1.165) is 22.4 Å². The summed E-state index contributed by atoms with van der Waals surface area (Å²) in [5, 5.41) is 13.6. The Bertz CT molecular complexity index is 1560. The summed E-state index contributed by atoms with van der Waals surface area (Å²) in [5.41, 5.74) is 1.50. The molecule has 0 aliphatic heterocycles. The number of rotatable bonds is 8. The van der Waals surface area contributed by atoms with Crippen LogP contribution in [0, 0.1) is 17.5 Å². The molecular weight excluding hydrogens is 523 g/mol. The zero-order valence-corrected chi connectivity index (χ0v) is 22.2. The third-order valence-corrected chi connectivity index (χ3v) is 6.26. The van der Waals surface area contributed by atoms with Crippen molar-refractivity contribution in [2.75, 3.05) is 6.54 Å². The van der Waals surface area contributed by atoms with Crippen LogP contribution in [0.1, 0.15) is 38.3 Å². The summed E-state index contributed by atoms with van der Waals surface area (Å²) in [6.45, 7) is 6.01. The van der Waals surface area contributed by atoms with Crippen molar-refractivity contribution in [3.8, 4) is 22.6 Å². The van der Waals surface area contributed by atoms with Crippen molar-refractivity contribution < 1.29 is 23.1 Å². The average molecular weight is 552 g/mol. The molecule has 2 aromatic heterocycles. The molecule has 0 fully saturated rings. The standard InChI is InChI=1S/C29H28F3N5O3/c1-29(2,3)36(28(39)40)11-5-7-19-15-33-27(34-16-19)20-8-4-6-18(12-20)17-37-25(38)10-9-24(35-37)21-13-22(30)26(32)23(31)14-21/h4,6,8-10,12-16H,5,7,11,17H2,1-3H3,(H,39,40). The van der Waals surface area contributed by atoms with Gasteiger partial charge in [0.05, 0.1) is 12.2 Å². The van der Waals surface area contributed by atoms with Crippen LogP contribution in [0.5, 0.6) is 0 Å². The summed E-state index contributed by atoms with van der Waals surface area (Å²) in [7, 11) is 0. The molecule has 0 atom stereocenters. The van der Waals surface area contributed by atoms with Gasteiger partial charge in [-0.3, -0.25) is 4.79 Å². The lowest BCUT2D eigenvalue weighted by Gasteiger charge is -2.33. The molecule has 0 aliphatic carbocycles. The Hall–Kier alpha value is -4.54. The second-order valence-electron chi connectivity index (χ2n) is 10.3. The van der Waals surface area contributed by atoms with Crippen LogP contribution in [0.3, 0.4) is 0 Å². The molecule has 2 aromatic carbocycles. The highest BCUT2D eigenvalue weighted by atomic mass is 19.2. The molecule has 8 nitrogen and oxygen atoms in total. The first kappa shape index (κ1) is 28.5. The van der Waals surface area contributed by atoms with Gasteiger partial charge in [0.1, 0.15) is 0 Å². The van der Waals surface area contributed by atoms with Gasteiger partial charge in [-0.15, -0.1) is 0 Å². The normalized spacial score (nSPS) is 11.4. The highest BCUT2D eigenvalue weighted by molar-refractivity contribution is 5.66. The summed E-state index contributed by atoms with van der Waals surface area (Å²) in [4.78, 5) is 34.2. The first-order chi connectivity index (χ1) is 18.9. The van der Waals surface area contributed by atoms with Gasteiger partial charge in [-0.05, 0) is 69.0 Å². The Kier molecular flexibility index (Phi) is 8.32. The molecule has 40 heavy (non-hydrogen) atoms. The summed E-state index contributed by atoms with van der Waals surface area (Å²) < 4.78 is 41.9. The lowest BCUT2D eigenvalue weighted by atomic mass is 10.1. The van der Waals surface area contributed by atoms with Gasteiger partial charge in [0.2, 0.25) is 0 Å². The number of nitrogens with zero attached hydrogens (tertiary/aromatic N) is 5. The molecule has 1 amide bonds. The van der Waals surface area contributed by atoms with Crippen LogP contribution in [0.2, 0.25) is 0 Å². The van der Waals surface area contributed by atoms with E-state index in [1.807, 2.05) is 26.8 Å². The number of aromatic nitrogens is 4. The van der Waals surface area contributed by atoms with Gasteiger partial charge in [0.15, 0.2) is 23.3 Å². The second-order valence-corrected chi connectivity index (χ2v) is 10.3. The van der Waals surface area contributed by atoms with E-state index in [1.54, 1.807) is 30.6 Å². The van der Waals surface area contributed by atoms with Gasteiger partial charge in [-0.1, -0.05) is 18.2 Å². The van der Waals surface area contributed by atoms with Crippen LogP contribution in [-0.4, -0.2) is 47.9 Å². The Morgan fingerprint density at radius 3 is 2.25 bits per heavy atom. The number of halogens is 3.